The zero-order chi connectivity index (χ0) is 18.1. The number of imide groups is 1. The summed E-state index contributed by atoms with van der Waals surface area (Å²) in [5.74, 6) is 0.322. The lowest BCUT2D eigenvalue weighted by molar-refractivity contribution is -0.131. The van der Waals surface area contributed by atoms with Crippen LogP contribution in [-0.2, 0) is 9.53 Å². The topological polar surface area (TPSA) is 55.8 Å². The van der Waals surface area contributed by atoms with Crippen molar-refractivity contribution >= 4 is 22.8 Å². The Labute approximate surface area is 147 Å². The Bertz CT molecular complexity index is 814. The third-order valence-electron chi connectivity index (χ3n) is 4.85. The van der Waals surface area contributed by atoms with Crippen LogP contribution in [0, 0.1) is 5.92 Å². The maximum absolute atomic E-state index is 12.9. The molecule has 0 radical (unpaired) electrons. The van der Waals surface area contributed by atoms with Gasteiger partial charge in [-0.2, -0.15) is 0 Å². The molecule has 5 nitrogen and oxygen atoms in total. The Morgan fingerprint density at radius 3 is 2.52 bits per heavy atom. The van der Waals surface area contributed by atoms with Gasteiger partial charge in [0.15, 0.2) is 0 Å². The predicted octanol–water partition coefficient (Wildman–Crippen LogP) is 3.96. The zero-order valence-electron chi connectivity index (χ0n) is 15.0. The van der Waals surface area contributed by atoms with Crippen LogP contribution in [-0.4, -0.2) is 36.7 Å². The van der Waals surface area contributed by atoms with E-state index in [0.717, 1.165) is 22.1 Å². The van der Waals surface area contributed by atoms with Crippen molar-refractivity contribution in [2.75, 3.05) is 13.7 Å². The third-order valence-corrected chi connectivity index (χ3v) is 4.85. The van der Waals surface area contributed by atoms with Crippen LogP contribution in [0.4, 0.5) is 4.79 Å². The van der Waals surface area contributed by atoms with Gasteiger partial charge in [-0.05, 0) is 41.3 Å². The fourth-order valence-corrected chi connectivity index (χ4v) is 3.17. The van der Waals surface area contributed by atoms with Crippen LogP contribution in [0.2, 0.25) is 0 Å². The quantitative estimate of drug-likeness (QED) is 0.845. The molecule has 25 heavy (non-hydrogen) atoms. The first-order valence-electron chi connectivity index (χ1n) is 8.50. The predicted molar refractivity (Wildman–Crippen MR) is 95.7 cm³/mol. The van der Waals surface area contributed by atoms with Gasteiger partial charge >= 0.3 is 6.09 Å². The number of carbonyl (C=O) groups is 2. The van der Waals surface area contributed by atoms with Crippen molar-refractivity contribution in [2.45, 2.75) is 32.7 Å². The molecular weight excluding hydrogens is 318 g/mol. The molecule has 132 valence electrons. The van der Waals surface area contributed by atoms with Crippen LogP contribution in [0.5, 0.6) is 5.75 Å². The highest BCUT2D eigenvalue weighted by molar-refractivity contribution is 5.97. The van der Waals surface area contributed by atoms with E-state index in [1.54, 1.807) is 7.11 Å². The van der Waals surface area contributed by atoms with Crippen molar-refractivity contribution in [3.8, 4) is 5.75 Å². The SMILES string of the molecule is COc1ccc2cc(C(C)C(=O)N3C(=O)OC[C@@H]3C(C)C)ccc2c1. The second-order valence-corrected chi connectivity index (χ2v) is 6.79. The number of nitrogens with zero attached hydrogens (tertiary/aromatic N) is 1. The Balaban J connectivity index is 1.89. The molecule has 0 aliphatic carbocycles. The summed E-state index contributed by atoms with van der Waals surface area (Å²) >= 11 is 0. The van der Waals surface area contributed by atoms with E-state index >= 15 is 0 Å². The van der Waals surface area contributed by atoms with Gasteiger partial charge in [0.25, 0.3) is 0 Å². The Kier molecular flexibility index (Phi) is 4.66. The van der Waals surface area contributed by atoms with Crippen molar-refractivity contribution in [1.29, 1.82) is 0 Å². The number of rotatable bonds is 4. The molecule has 5 heteroatoms. The van der Waals surface area contributed by atoms with Crippen molar-refractivity contribution in [3.05, 3.63) is 42.0 Å². The molecule has 1 saturated heterocycles. The molecule has 0 spiro atoms. The summed E-state index contributed by atoms with van der Waals surface area (Å²) in [5.41, 5.74) is 0.880. The van der Waals surface area contributed by atoms with Gasteiger partial charge in [0, 0.05) is 0 Å². The number of hydrogen-bond acceptors (Lipinski definition) is 4. The Morgan fingerprint density at radius 2 is 1.84 bits per heavy atom. The minimum Gasteiger partial charge on any atom is -0.497 e. The number of fused-ring (bicyclic) bond motifs is 1. The first-order chi connectivity index (χ1) is 11.9. The number of benzene rings is 2. The molecule has 2 aromatic rings. The highest BCUT2D eigenvalue weighted by Crippen LogP contribution is 2.29. The first-order valence-corrected chi connectivity index (χ1v) is 8.50. The largest absolute Gasteiger partial charge is 0.497 e. The highest BCUT2D eigenvalue weighted by Gasteiger charge is 2.41. The highest BCUT2D eigenvalue weighted by atomic mass is 16.6. The Hall–Kier alpha value is -2.56. The second-order valence-electron chi connectivity index (χ2n) is 6.79. The van der Waals surface area contributed by atoms with E-state index in [0.29, 0.717) is 0 Å². The molecule has 2 amide bonds. The Morgan fingerprint density at radius 1 is 1.16 bits per heavy atom. The van der Waals surface area contributed by atoms with Crippen LogP contribution in [0.25, 0.3) is 10.8 Å². The summed E-state index contributed by atoms with van der Waals surface area (Å²) in [6, 6.07) is 11.5. The smallest absolute Gasteiger partial charge is 0.417 e. The molecule has 3 rings (SSSR count). The van der Waals surface area contributed by atoms with E-state index in [2.05, 4.69) is 0 Å². The van der Waals surface area contributed by atoms with Crippen molar-refractivity contribution in [2.24, 2.45) is 5.92 Å². The molecule has 0 aromatic heterocycles. The third kappa shape index (κ3) is 3.18. The summed E-state index contributed by atoms with van der Waals surface area (Å²) in [4.78, 5) is 26.2. The maximum atomic E-state index is 12.9. The van der Waals surface area contributed by atoms with Gasteiger partial charge in [-0.15, -0.1) is 0 Å². The molecule has 1 unspecified atom stereocenters. The second kappa shape index (κ2) is 6.75. The molecule has 1 heterocycles. The molecule has 1 aliphatic rings. The lowest BCUT2D eigenvalue weighted by Crippen LogP contribution is -2.43. The summed E-state index contributed by atoms with van der Waals surface area (Å²) in [5, 5.41) is 2.07. The number of ether oxygens (including phenoxy) is 2. The van der Waals surface area contributed by atoms with E-state index in [1.165, 1.54) is 4.90 Å². The van der Waals surface area contributed by atoms with Gasteiger partial charge in [-0.3, -0.25) is 4.79 Å². The van der Waals surface area contributed by atoms with Crippen LogP contribution < -0.4 is 4.74 Å². The van der Waals surface area contributed by atoms with E-state index < -0.39 is 12.0 Å². The van der Waals surface area contributed by atoms with E-state index in [9.17, 15) is 9.59 Å². The lowest BCUT2D eigenvalue weighted by Gasteiger charge is -2.25. The van der Waals surface area contributed by atoms with Gasteiger partial charge < -0.3 is 9.47 Å². The summed E-state index contributed by atoms with van der Waals surface area (Å²) in [6.45, 7) is 6.07. The summed E-state index contributed by atoms with van der Waals surface area (Å²) in [7, 11) is 1.64. The monoisotopic (exact) mass is 341 g/mol. The number of carbonyl (C=O) groups excluding carboxylic acids is 2. The van der Waals surface area contributed by atoms with Gasteiger partial charge in [-0.25, -0.2) is 9.69 Å². The lowest BCUT2D eigenvalue weighted by atomic mass is 9.95. The average Bonchev–Trinajstić information content (AvgIpc) is 3.01. The van der Waals surface area contributed by atoms with Crippen molar-refractivity contribution in [3.63, 3.8) is 0 Å². The van der Waals surface area contributed by atoms with Crippen molar-refractivity contribution < 1.29 is 19.1 Å². The van der Waals surface area contributed by atoms with Gasteiger partial charge in [0.1, 0.15) is 12.4 Å². The number of hydrogen-bond donors (Lipinski definition) is 0. The fraction of sp³-hybridized carbons (Fsp3) is 0.400. The minimum absolute atomic E-state index is 0.159. The van der Waals surface area contributed by atoms with E-state index in [4.69, 9.17) is 9.47 Å². The maximum Gasteiger partial charge on any atom is 0.417 e. The van der Waals surface area contributed by atoms with Gasteiger partial charge in [0.2, 0.25) is 5.91 Å². The molecule has 2 atom stereocenters. The summed E-state index contributed by atoms with van der Waals surface area (Å²) in [6.07, 6.45) is -0.541. The number of methoxy groups -OCH3 is 1. The number of amides is 2. The molecule has 0 saturated carbocycles. The normalized spacial score (nSPS) is 18.5. The standard InChI is InChI=1S/C20H23NO4/c1-12(2)18-11-25-20(23)21(18)19(22)13(3)14-5-6-16-10-17(24-4)8-7-15(16)9-14/h5-10,12-13,18H,11H2,1-4H3/t13?,18-/m1/s1. The average molecular weight is 341 g/mol. The molecule has 1 fully saturated rings. The van der Waals surface area contributed by atoms with E-state index in [1.807, 2.05) is 57.2 Å². The van der Waals surface area contributed by atoms with Crippen LogP contribution in [0.1, 0.15) is 32.3 Å². The van der Waals surface area contributed by atoms with Crippen LogP contribution >= 0.6 is 0 Å². The molecule has 1 aliphatic heterocycles. The zero-order valence-corrected chi connectivity index (χ0v) is 15.0. The van der Waals surface area contributed by atoms with E-state index in [-0.39, 0.29) is 24.5 Å². The van der Waals surface area contributed by atoms with Crippen LogP contribution in [0.3, 0.4) is 0 Å². The minimum atomic E-state index is -0.541. The number of cyclic esters (lactones) is 1. The van der Waals surface area contributed by atoms with Gasteiger partial charge in [-0.1, -0.05) is 38.1 Å². The summed E-state index contributed by atoms with van der Waals surface area (Å²) < 4.78 is 10.3. The molecule has 0 N–H and O–H groups in total. The molecule has 0 bridgehead atoms. The van der Waals surface area contributed by atoms with Gasteiger partial charge in [0.05, 0.1) is 19.1 Å². The molecular formula is C20H23NO4. The fourth-order valence-electron chi connectivity index (χ4n) is 3.17. The van der Waals surface area contributed by atoms with Crippen LogP contribution in [0.15, 0.2) is 36.4 Å². The first kappa shape index (κ1) is 17.3. The molecule has 2 aromatic carbocycles. The van der Waals surface area contributed by atoms with Crippen molar-refractivity contribution in [1.82, 2.24) is 4.90 Å².